The number of nitrogens with zero attached hydrogens (tertiary/aromatic N) is 3. The quantitative estimate of drug-likeness (QED) is 0.892. The third-order valence-corrected chi connectivity index (χ3v) is 5.07. The van der Waals surface area contributed by atoms with Gasteiger partial charge in [0.15, 0.2) is 0 Å². The summed E-state index contributed by atoms with van der Waals surface area (Å²) in [5, 5.41) is 2.89. The van der Waals surface area contributed by atoms with E-state index in [2.05, 4.69) is 15.2 Å². The molecule has 1 atom stereocenters. The van der Waals surface area contributed by atoms with E-state index < -0.39 is 6.04 Å². The maximum absolute atomic E-state index is 12.7. The van der Waals surface area contributed by atoms with Crippen LogP contribution in [0.5, 0.6) is 0 Å². The molecule has 6 nitrogen and oxygen atoms in total. The lowest BCUT2D eigenvalue weighted by atomic mass is 10.0. The van der Waals surface area contributed by atoms with Crippen LogP contribution in [0.4, 0.5) is 11.5 Å². The Bertz CT molecular complexity index is 608. The van der Waals surface area contributed by atoms with Crippen molar-refractivity contribution in [3.63, 3.8) is 0 Å². The predicted molar refractivity (Wildman–Crippen MR) is 98.5 cm³/mol. The van der Waals surface area contributed by atoms with E-state index in [9.17, 15) is 9.59 Å². The summed E-state index contributed by atoms with van der Waals surface area (Å²) < 4.78 is 0. The Balaban J connectivity index is 1.65. The van der Waals surface area contributed by atoms with Crippen molar-refractivity contribution in [2.75, 3.05) is 29.9 Å². The first-order valence-corrected chi connectivity index (χ1v) is 9.37. The molecule has 2 amide bonds. The fraction of sp³-hybridized carbons (Fsp3) is 0.632. The standard InChI is InChI=1S/C19H28N4O2/c1-14(2)18(23-12-6-7-17(23)24)19(25)21-16-9-8-15(13-20-16)22-10-4-3-5-11-22/h8-9,13-14,18H,3-7,10-12H2,1-2H3,(H,20,21,25). The Morgan fingerprint density at radius 2 is 1.88 bits per heavy atom. The Morgan fingerprint density at radius 1 is 1.12 bits per heavy atom. The minimum Gasteiger partial charge on any atom is -0.370 e. The maximum Gasteiger partial charge on any atom is 0.248 e. The molecular formula is C19H28N4O2. The van der Waals surface area contributed by atoms with E-state index in [1.807, 2.05) is 32.2 Å². The SMILES string of the molecule is CC(C)C(C(=O)Nc1ccc(N2CCCCC2)cn1)N1CCCC1=O. The Hall–Kier alpha value is -2.11. The van der Waals surface area contributed by atoms with Crippen LogP contribution >= 0.6 is 0 Å². The highest BCUT2D eigenvalue weighted by Gasteiger charge is 2.35. The lowest BCUT2D eigenvalue weighted by Gasteiger charge is -2.30. The summed E-state index contributed by atoms with van der Waals surface area (Å²) in [7, 11) is 0. The minimum atomic E-state index is -0.432. The number of pyridine rings is 1. The molecule has 0 aliphatic carbocycles. The van der Waals surface area contributed by atoms with Crippen LogP contribution in [0.1, 0.15) is 46.0 Å². The van der Waals surface area contributed by atoms with Crippen molar-refractivity contribution in [3.8, 4) is 0 Å². The fourth-order valence-electron chi connectivity index (χ4n) is 3.77. The van der Waals surface area contributed by atoms with E-state index in [1.165, 1.54) is 19.3 Å². The molecule has 25 heavy (non-hydrogen) atoms. The molecule has 1 unspecified atom stereocenters. The number of rotatable bonds is 5. The number of aromatic nitrogens is 1. The van der Waals surface area contributed by atoms with Gasteiger partial charge in [-0.3, -0.25) is 9.59 Å². The molecule has 0 spiro atoms. The molecule has 2 fully saturated rings. The second-order valence-electron chi connectivity index (χ2n) is 7.32. The van der Waals surface area contributed by atoms with Gasteiger partial charge in [0.1, 0.15) is 11.9 Å². The molecule has 3 heterocycles. The van der Waals surface area contributed by atoms with Crippen molar-refractivity contribution in [1.29, 1.82) is 0 Å². The van der Waals surface area contributed by atoms with Crippen molar-refractivity contribution < 1.29 is 9.59 Å². The van der Waals surface area contributed by atoms with Crippen molar-refractivity contribution in [2.24, 2.45) is 5.92 Å². The van der Waals surface area contributed by atoms with Crippen LogP contribution in [-0.2, 0) is 9.59 Å². The van der Waals surface area contributed by atoms with E-state index in [-0.39, 0.29) is 17.7 Å². The van der Waals surface area contributed by atoms with Gasteiger partial charge in [-0.25, -0.2) is 4.98 Å². The summed E-state index contributed by atoms with van der Waals surface area (Å²) in [4.78, 5) is 33.2. The van der Waals surface area contributed by atoms with Gasteiger partial charge in [-0.2, -0.15) is 0 Å². The first-order chi connectivity index (χ1) is 12.1. The van der Waals surface area contributed by atoms with Crippen LogP contribution in [0.25, 0.3) is 0 Å². The third-order valence-electron chi connectivity index (χ3n) is 5.07. The van der Waals surface area contributed by atoms with Gasteiger partial charge in [-0.1, -0.05) is 13.8 Å². The van der Waals surface area contributed by atoms with Gasteiger partial charge in [0.05, 0.1) is 11.9 Å². The predicted octanol–water partition coefficient (Wildman–Crippen LogP) is 2.66. The Kier molecular flexibility index (Phi) is 5.56. The normalized spacial score (nSPS) is 19.4. The highest BCUT2D eigenvalue weighted by molar-refractivity contribution is 5.97. The van der Waals surface area contributed by atoms with Gasteiger partial charge in [0.2, 0.25) is 11.8 Å². The van der Waals surface area contributed by atoms with Crippen molar-refractivity contribution in [2.45, 2.75) is 52.0 Å². The van der Waals surface area contributed by atoms with E-state index in [1.54, 1.807) is 4.90 Å². The van der Waals surface area contributed by atoms with Gasteiger partial charge >= 0.3 is 0 Å². The van der Waals surface area contributed by atoms with Gasteiger partial charge in [-0.05, 0) is 43.7 Å². The van der Waals surface area contributed by atoms with Crippen LogP contribution in [0.2, 0.25) is 0 Å². The van der Waals surface area contributed by atoms with Crippen LogP contribution in [0.15, 0.2) is 18.3 Å². The number of anilines is 2. The number of hydrogen-bond donors (Lipinski definition) is 1. The molecule has 2 aliphatic heterocycles. The molecule has 1 N–H and O–H groups in total. The van der Waals surface area contributed by atoms with Crippen LogP contribution in [0, 0.1) is 5.92 Å². The molecule has 1 aromatic rings. The van der Waals surface area contributed by atoms with Gasteiger partial charge in [0.25, 0.3) is 0 Å². The lowest BCUT2D eigenvalue weighted by Crippen LogP contribution is -2.48. The van der Waals surface area contributed by atoms with E-state index >= 15 is 0 Å². The van der Waals surface area contributed by atoms with Gasteiger partial charge in [-0.15, -0.1) is 0 Å². The summed E-state index contributed by atoms with van der Waals surface area (Å²) in [6.07, 6.45) is 6.93. The molecule has 0 saturated carbocycles. The molecule has 2 saturated heterocycles. The molecule has 2 aliphatic rings. The Labute approximate surface area is 149 Å². The van der Waals surface area contributed by atoms with Crippen LogP contribution in [-0.4, -0.2) is 47.4 Å². The zero-order valence-corrected chi connectivity index (χ0v) is 15.2. The zero-order valence-electron chi connectivity index (χ0n) is 15.2. The van der Waals surface area contributed by atoms with E-state index in [0.717, 1.165) is 25.2 Å². The first kappa shape index (κ1) is 17.7. The summed E-state index contributed by atoms with van der Waals surface area (Å²) >= 11 is 0. The number of carbonyl (C=O) groups is 2. The highest BCUT2D eigenvalue weighted by atomic mass is 16.2. The Morgan fingerprint density at radius 3 is 2.44 bits per heavy atom. The van der Waals surface area contributed by atoms with Crippen LogP contribution < -0.4 is 10.2 Å². The molecule has 0 radical (unpaired) electrons. The molecule has 6 heteroatoms. The minimum absolute atomic E-state index is 0.0645. The number of piperidine rings is 1. The second kappa shape index (κ2) is 7.85. The summed E-state index contributed by atoms with van der Waals surface area (Å²) in [6.45, 7) is 6.75. The largest absolute Gasteiger partial charge is 0.370 e. The third kappa shape index (κ3) is 4.11. The van der Waals surface area contributed by atoms with Crippen molar-refractivity contribution in [1.82, 2.24) is 9.88 Å². The van der Waals surface area contributed by atoms with Gasteiger partial charge < -0.3 is 15.1 Å². The molecule has 0 bridgehead atoms. The summed E-state index contributed by atoms with van der Waals surface area (Å²) in [5.74, 6) is 0.531. The fourth-order valence-corrected chi connectivity index (χ4v) is 3.77. The number of likely N-dealkylation sites (tertiary alicyclic amines) is 1. The molecular weight excluding hydrogens is 316 g/mol. The maximum atomic E-state index is 12.7. The number of hydrogen-bond acceptors (Lipinski definition) is 4. The smallest absolute Gasteiger partial charge is 0.248 e. The summed E-state index contributed by atoms with van der Waals surface area (Å²) in [6, 6.07) is 3.43. The average molecular weight is 344 g/mol. The first-order valence-electron chi connectivity index (χ1n) is 9.37. The molecule has 3 rings (SSSR count). The molecule has 0 aromatic carbocycles. The number of amides is 2. The zero-order chi connectivity index (χ0) is 17.8. The molecule has 1 aromatic heterocycles. The monoisotopic (exact) mass is 344 g/mol. The van der Waals surface area contributed by atoms with Gasteiger partial charge in [0, 0.05) is 26.1 Å². The lowest BCUT2D eigenvalue weighted by molar-refractivity contribution is -0.136. The second-order valence-corrected chi connectivity index (χ2v) is 7.32. The van der Waals surface area contributed by atoms with Crippen LogP contribution in [0.3, 0.4) is 0 Å². The number of carbonyl (C=O) groups excluding carboxylic acids is 2. The number of nitrogens with one attached hydrogen (secondary N) is 1. The van der Waals surface area contributed by atoms with Crippen molar-refractivity contribution >= 4 is 23.3 Å². The molecule has 136 valence electrons. The highest BCUT2D eigenvalue weighted by Crippen LogP contribution is 2.22. The van der Waals surface area contributed by atoms with Crippen molar-refractivity contribution in [3.05, 3.63) is 18.3 Å². The van der Waals surface area contributed by atoms with E-state index in [4.69, 9.17) is 0 Å². The topological polar surface area (TPSA) is 65.5 Å². The average Bonchev–Trinajstić information content (AvgIpc) is 3.02. The summed E-state index contributed by atoms with van der Waals surface area (Å²) in [5.41, 5.74) is 1.10. The van der Waals surface area contributed by atoms with E-state index in [0.29, 0.717) is 18.8 Å².